The summed E-state index contributed by atoms with van der Waals surface area (Å²) in [4.78, 5) is 18.2. The average molecular weight is 339 g/mol. The van der Waals surface area contributed by atoms with Gasteiger partial charge in [0.25, 0.3) is 5.72 Å². The molecule has 6 heteroatoms. The van der Waals surface area contributed by atoms with Crippen molar-refractivity contribution >= 4 is 29.1 Å². The molecule has 0 aromatic heterocycles. The first-order valence-corrected chi connectivity index (χ1v) is 8.04. The molecule has 0 saturated carbocycles. The first kappa shape index (κ1) is 17.8. The van der Waals surface area contributed by atoms with Gasteiger partial charge in [-0.25, -0.2) is 9.79 Å². The molecule has 0 radical (unpaired) electrons. The predicted molar refractivity (Wildman–Crippen MR) is 91.9 cm³/mol. The van der Waals surface area contributed by atoms with Gasteiger partial charge < -0.3 is 14.7 Å². The number of ether oxygens (including phenoxy) is 1. The Hall–Kier alpha value is -1.59. The molecule has 5 nitrogen and oxygen atoms in total. The number of nitrogens with zero attached hydrogens (tertiary/aromatic N) is 2. The van der Waals surface area contributed by atoms with Crippen LogP contribution in [-0.2, 0) is 9.53 Å². The Bertz CT molecular complexity index is 625. The number of halogens is 1. The van der Waals surface area contributed by atoms with Gasteiger partial charge in [-0.2, -0.15) is 0 Å². The molecular weight excluding hydrogens is 316 g/mol. The maximum absolute atomic E-state index is 12.1. The zero-order chi connectivity index (χ0) is 17.3. The summed E-state index contributed by atoms with van der Waals surface area (Å²) in [6, 6.07) is 7.27. The Labute approximate surface area is 141 Å². The lowest BCUT2D eigenvalue weighted by atomic mass is 9.91. The summed E-state index contributed by atoms with van der Waals surface area (Å²) in [5.74, 6) is -0.0775. The number of β-amino-alcohol motifs (C(OH)–C–C–N with tert-alkyl or cyclic N) is 1. The van der Waals surface area contributed by atoms with Crippen LogP contribution in [0.2, 0.25) is 5.02 Å². The fraction of sp³-hybridized carbons (Fsp3) is 0.529. The largest absolute Gasteiger partial charge is 0.462 e. The Balaban J connectivity index is 2.38. The van der Waals surface area contributed by atoms with E-state index in [1.165, 1.54) is 0 Å². The standard InChI is InChI=1S/C17H23ClN2O3/c1-5-23-15(21)17(22)11-20(13-8-6-7-12(18)9-13)14(19-17)10-16(2,3)4/h6-9,22H,5,10-11H2,1-4H3. The summed E-state index contributed by atoms with van der Waals surface area (Å²) >= 11 is 6.07. The normalized spacial score (nSPS) is 21.3. The fourth-order valence-corrected chi connectivity index (χ4v) is 2.66. The first-order chi connectivity index (χ1) is 10.6. The maximum Gasteiger partial charge on any atom is 0.363 e. The molecule has 1 N–H and O–H groups in total. The third-order valence-corrected chi connectivity index (χ3v) is 3.65. The van der Waals surface area contributed by atoms with Crippen molar-refractivity contribution < 1.29 is 14.6 Å². The molecule has 1 aliphatic rings. The molecule has 0 saturated heterocycles. The molecule has 1 aromatic carbocycles. The van der Waals surface area contributed by atoms with E-state index in [1.807, 2.05) is 17.0 Å². The van der Waals surface area contributed by atoms with Crippen LogP contribution in [0.3, 0.4) is 0 Å². The van der Waals surface area contributed by atoms with Crippen molar-refractivity contribution in [2.24, 2.45) is 10.4 Å². The summed E-state index contributed by atoms with van der Waals surface area (Å²) in [7, 11) is 0. The molecular formula is C17H23ClN2O3. The van der Waals surface area contributed by atoms with Crippen molar-refractivity contribution in [2.75, 3.05) is 18.1 Å². The fourth-order valence-electron chi connectivity index (χ4n) is 2.47. The molecule has 0 amide bonds. The smallest absolute Gasteiger partial charge is 0.363 e. The van der Waals surface area contributed by atoms with E-state index >= 15 is 0 Å². The lowest BCUT2D eigenvalue weighted by Gasteiger charge is -2.26. The zero-order valence-electron chi connectivity index (χ0n) is 14.0. The average Bonchev–Trinajstić information content (AvgIpc) is 2.75. The van der Waals surface area contributed by atoms with Crippen LogP contribution in [0.15, 0.2) is 29.3 Å². The van der Waals surface area contributed by atoms with Gasteiger partial charge in [-0.05, 0) is 30.5 Å². The van der Waals surface area contributed by atoms with E-state index in [2.05, 4.69) is 25.8 Å². The van der Waals surface area contributed by atoms with Gasteiger partial charge >= 0.3 is 5.97 Å². The molecule has 23 heavy (non-hydrogen) atoms. The van der Waals surface area contributed by atoms with Crippen molar-refractivity contribution in [1.82, 2.24) is 0 Å². The van der Waals surface area contributed by atoms with Crippen LogP contribution in [0.4, 0.5) is 5.69 Å². The number of amidine groups is 1. The lowest BCUT2D eigenvalue weighted by molar-refractivity contribution is -0.162. The van der Waals surface area contributed by atoms with Crippen LogP contribution in [0.1, 0.15) is 34.1 Å². The first-order valence-electron chi connectivity index (χ1n) is 7.66. The molecule has 1 aliphatic heterocycles. The van der Waals surface area contributed by atoms with Gasteiger partial charge in [-0.3, -0.25) is 0 Å². The number of rotatable bonds is 4. The monoisotopic (exact) mass is 338 g/mol. The minimum Gasteiger partial charge on any atom is -0.462 e. The van der Waals surface area contributed by atoms with Crippen molar-refractivity contribution in [3.05, 3.63) is 29.3 Å². The minimum atomic E-state index is -1.88. The predicted octanol–water partition coefficient (Wildman–Crippen LogP) is 3.25. The number of hydrogen-bond acceptors (Lipinski definition) is 5. The molecule has 1 atom stereocenters. The van der Waals surface area contributed by atoms with Crippen LogP contribution in [0, 0.1) is 5.41 Å². The van der Waals surface area contributed by atoms with Crippen LogP contribution in [-0.4, -0.2) is 35.8 Å². The second-order valence-electron chi connectivity index (χ2n) is 6.87. The van der Waals surface area contributed by atoms with Gasteiger partial charge in [0.05, 0.1) is 13.2 Å². The quantitative estimate of drug-likeness (QED) is 0.856. The molecule has 1 aromatic rings. The highest BCUT2D eigenvalue weighted by Gasteiger charge is 2.46. The maximum atomic E-state index is 12.1. The molecule has 2 rings (SSSR count). The number of benzene rings is 1. The van der Waals surface area contributed by atoms with Crippen LogP contribution >= 0.6 is 11.6 Å². The second-order valence-corrected chi connectivity index (χ2v) is 7.31. The Morgan fingerprint density at radius 2 is 2.17 bits per heavy atom. The number of aliphatic imine (C=N–C) groups is 1. The van der Waals surface area contributed by atoms with E-state index in [9.17, 15) is 9.90 Å². The summed E-state index contributed by atoms with van der Waals surface area (Å²) in [6.45, 7) is 8.15. The summed E-state index contributed by atoms with van der Waals surface area (Å²) in [5.41, 5.74) is -1.13. The minimum absolute atomic E-state index is 0.0254. The highest BCUT2D eigenvalue weighted by atomic mass is 35.5. The van der Waals surface area contributed by atoms with E-state index < -0.39 is 11.7 Å². The summed E-state index contributed by atoms with van der Waals surface area (Å²) < 4.78 is 4.97. The number of anilines is 1. The van der Waals surface area contributed by atoms with E-state index in [-0.39, 0.29) is 18.6 Å². The van der Waals surface area contributed by atoms with Gasteiger partial charge in [-0.15, -0.1) is 0 Å². The molecule has 126 valence electrons. The van der Waals surface area contributed by atoms with E-state index in [0.29, 0.717) is 17.3 Å². The molecule has 0 fully saturated rings. The molecule has 0 spiro atoms. The number of carbonyl (C=O) groups is 1. The number of carbonyl (C=O) groups excluding carboxylic acids is 1. The van der Waals surface area contributed by atoms with E-state index in [4.69, 9.17) is 16.3 Å². The van der Waals surface area contributed by atoms with Crippen molar-refractivity contribution in [3.8, 4) is 0 Å². The molecule has 0 aliphatic carbocycles. The van der Waals surface area contributed by atoms with Crippen LogP contribution in [0.25, 0.3) is 0 Å². The Morgan fingerprint density at radius 3 is 2.74 bits per heavy atom. The number of hydrogen-bond donors (Lipinski definition) is 1. The summed E-state index contributed by atoms with van der Waals surface area (Å²) in [6.07, 6.45) is 0.612. The Morgan fingerprint density at radius 1 is 1.48 bits per heavy atom. The topological polar surface area (TPSA) is 62.1 Å². The van der Waals surface area contributed by atoms with Crippen LogP contribution < -0.4 is 4.90 Å². The van der Waals surface area contributed by atoms with Crippen molar-refractivity contribution in [3.63, 3.8) is 0 Å². The zero-order valence-corrected chi connectivity index (χ0v) is 14.7. The highest BCUT2D eigenvalue weighted by Crippen LogP contribution is 2.32. The van der Waals surface area contributed by atoms with Gasteiger partial charge in [-0.1, -0.05) is 38.4 Å². The van der Waals surface area contributed by atoms with Gasteiger partial charge in [0.15, 0.2) is 0 Å². The number of esters is 1. The lowest BCUT2D eigenvalue weighted by Crippen LogP contribution is -2.43. The van der Waals surface area contributed by atoms with E-state index in [1.54, 1.807) is 19.1 Å². The van der Waals surface area contributed by atoms with Gasteiger partial charge in [0.2, 0.25) is 0 Å². The molecule has 1 heterocycles. The Kier molecular flexibility index (Phi) is 5.01. The van der Waals surface area contributed by atoms with Gasteiger partial charge in [0, 0.05) is 17.1 Å². The SMILES string of the molecule is CCOC(=O)C1(O)CN(c2cccc(Cl)c2)C(CC(C)(C)C)=N1. The second kappa shape index (κ2) is 6.49. The highest BCUT2D eigenvalue weighted by molar-refractivity contribution is 6.31. The number of aliphatic hydroxyl groups is 1. The third kappa shape index (κ3) is 4.24. The third-order valence-electron chi connectivity index (χ3n) is 3.41. The van der Waals surface area contributed by atoms with Crippen LogP contribution in [0.5, 0.6) is 0 Å². The van der Waals surface area contributed by atoms with Gasteiger partial charge in [0.1, 0.15) is 5.84 Å². The molecule has 0 bridgehead atoms. The van der Waals surface area contributed by atoms with E-state index in [0.717, 1.165) is 5.69 Å². The van der Waals surface area contributed by atoms with Crippen molar-refractivity contribution in [1.29, 1.82) is 0 Å². The van der Waals surface area contributed by atoms with Crippen molar-refractivity contribution in [2.45, 2.75) is 39.8 Å². The summed E-state index contributed by atoms with van der Waals surface area (Å²) in [5, 5.41) is 11.2. The molecule has 1 unspecified atom stereocenters.